The van der Waals surface area contributed by atoms with E-state index in [1.807, 2.05) is 24.3 Å². The van der Waals surface area contributed by atoms with Gasteiger partial charge in [0.15, 0.2) is 0 Å². The lowest BCUT2D eigenvalue weighted by Gasteiger charge is -2.25. The van der Waals surface area contributed by atoms with E-state index >= 15 is 0 Å². The zero-order chi connectivity index (χ0) is 14.9. The third-order valence-electron chi connectivity index (χ3n) is 3.28. The molecule has 0 saturated carbocycles. The Hall–Kier alpha value is -1.08. The van der Waals surface area contributed by atoms with Gasteiger partial charge in [-0.15, -0.1) is 11.8 Å². The van der Waals surface area contributed by atoms with Crippen LogP contribution in [-0.4, -0.2) is 19.2 Å². The number of nitrogens with zero attached hydrogens (tertiary/aromatic N) is 1. The summed E-state index contributed by atoms with van der Waals surface area (Å²) in [5.74, 6) is 0.880. The van der Waals surface area contributed by atoms with Crippen LogP contribution >= 0.6 is 23.4 Å². The van der Waals surface area contributed by atoms with Crippen molar-refractivity contribution >= 4 is 33.4 Å². The Kier molecular flexibility index (Phi) is 4.21. The number of hydrogen-bond donors (Lipinski definition) is 1. The maximum atomic E-state index is 12.5. The van der Waals surface area contributed by atoms with E-state index in [9.17, 15) is 8.42 Å². The fourth-order valence-electron chi connectivity index (χ4n) is 2.28. The Labute approximate surface area is 133 Å². The number of fused-ring (bicyclic) bond motifs is 1. The highest BCUT2D eigenvalue weighted by Crippen LogP contribution is 2.36. The Morgan fingerprint density at radius 3 is 2.90 bits per heavy atom. The topological polar surface area (TPSA) is 59.1 Å². The molecule has 1 aromatic heterocycles. The molecule has 2 heterocycles. The van der Waals surface area contributed by atoms with Crippen LogP contribution in [0, 0.1) is 0 Å². The molecule has 4 nitrogen and oxygen atoms in total. The molecule has 21 heavy (non-hydrogen) atoms. The maximum Gasteiger partial charge on any atom is 0.244 e. The van der Waals surface area contributed by atoms with E-state index in [2.05, 4.69) is 9.71 Å². The molecule has 0 radical (unpaired) electrons. The van der Waals surface area contributed by atoms with Crippen LogP contribution in [0.15, 0.2) is 52.5 Å². The first-order chi connectivity index (χ1) is 10.1. The number of benzene rings is 1. The molecule has 0 spiro atoms. The number of halogens is 1. The molecule has 7 heteroatoms. The first-order valence-corrected chi connectivity index (χ1v) is 9.26. The van der Waals surface area contributed by atoms with Gasteiger partial charge in [0.1, 0.15) is 4.90 Å². The number of aromatic nitrogens is 1. The normalized spacial score (nSPS) is 18.2. The van der Waals surface area contributed by atoms with Crippen molar-refractivity contribution in [1.29, 1.82) is 0 Å². The van der Waals surface area contributed by atoms with Crippen molar-refractivity contribution in [3.63, 3.8) is 0 Å². The predicted molar refractivity (Wildman–Crippen MR) is 84.1 cm³/mol. The lowest BCUT2D eigenvalue weighted by molar-refractivity contribution is 0.545. The minimum absolute atomic E-state index is 0.0161. The second kappa shape index (κ2) is 5.96. The first-order valence-electron chi connectivity index (χ1n) is 6.41. The van der Waals surface area contributed by atoms with Crippen molar-refractivity contribution in [3.05, 3.63) is 53.3 Å². The first kappa shape index (κ1) is 14.8. The summed E-state index contributed by atoms with van der Waals surface area (Å²) in [6, 6.07) is 9.09. The van der Waals surface area contributed by atoms with Crippen LogP contribution in [-0.2, 0) is 10.0 Å². The molecule has 2 aromatic rings. The Balaban J connectivity index is 1.93. The largest absolute Gasteiger partial charge is 0.263 e. The molecule has 0 fully saturated rings. The molecule has 0 amide bonds. The number of pyridine rings is 1. The molecule has 110 valence electrons. The summed E-state index contributed by atoms with van der Waals surface area (Å²) < 4.78 is 27.7. The highest BCUT2D eigenvalue weighted by Gasteiger charge is 2.27. The molecule has 1 aliphatic rings. The summed E-state index contributed by atoms with van der Waals surface area (Å²) in [5, 5.41) is 0.177. The molecular weight excluding hydrogens is 328 g/mol. The summed E-state index contributed by atoms with van der Waals surface area (Å²) in [6.07, 6.45) is 3.49. The van der Waals surface area contributed by atoms with Gasteiger partial charge in [-0.3, -0.25) is 4.98 Å². The van der Waals surface area contributed by atoms with Crippen LogP contribution < -0.4 is 4.72 Å². The third kappa shape index (κ3) is 3.08. The zero-order valence-corrected chi connectivity index (χ0v) is 13.4. The fraction of sp³-hybridized carbons (Fsp3) is 0.214. The molecule has 3 rings (SSSR count). The summed E-state index contributed by atoms with van der Waals surface area (Å²) in [5.41, 5.74) is 1.01. The lowest BCUT2D eigenvalue weighted by Crippen LogP contribution is -2.31. The number of nitrogens with one attached hydrogen (secondary N) is 1. The van der Waals surface area contributed by atoms with E-state index in [-0.39, 0.29) is 16.0 Å². The van der Waals surface area contributed by atoms with E-state index in [1.54, 1.807) is 11.8 Å². The smallest absolute Gasteiger partial charge is 0.244 e. The van der Waals surface area contributed by atoms with Gasteiger partial charge in [0.2, 0.25) is 10.0 Å². The van der Waals surface area contributed by atoms with Gasteiger partial charge in [-0.2, -0.15) is 0 Å². The van der Waals surface area contributed by atoms with Gasteiger partial charge in [-0.05, 0) is 29.9 Å². The van der Waals surface area contributed by atoms with Crippen molar-refractivity contribution in [3.8, 4) is 0 Å². The van der Waals surface area contributed by atoms with Crippen molar-refractivity contribution in [2.75, 3.05) is 5.75 Å². The molecule has 0 aliphatic carbocycles. The Morgan fingerprint density at radius 2 is 2.10 bits per heavy atom. The third-order valence-corrected chi connectivity index (χ3v) is 6.34. The van der Waals surface area contributed by atoms with E-state index in [0.29, 0.717) is 0 Å². The number of rotatable bonds is 3. The van der Waals surface area contributed by atoms with Crippen LogP contribution in [0.3, 0.4) is 0 Å². The van der Waals surface area contributed by atoms with Gasteiger partial charge in [0.05, 0.1) is 5.02 Å². The average Bonchev–Trinajstić information content (AvgIpc) is 2.47. The summed E-state index contributed by atoms with van der Waals surface area (Å²) in [7, 11) is -3.69. The second-order valence-electron chi connectivity index (χ2n) is 4.65. The van der Waals surface area contributed by atoms with Crippen molar-refractivity contribution in [2.45, 2.75) is 22.3 Å². The van der Waals surface area contributed by atoms with Crippen molar-refractivity contribution in [2.24, 2.45) is 0 Å². The molecule has 1 unspecified atom stereocenters. The van der Waals surface area contributed by atoms with Gasteiger partial charge in [0.25, 0.3) is 0 Å². The number of thioether (sulfide) groups is 1. The predicted octanol–water partition coefficient (Wildman–Crippen LogP) is 3.25. The number of hydrogen-bond acceptors (Lipinski definition) is 4. The minimum Gasteiger partial charge on any atom is -0.263 e. The van der Waals surface area contributed by atoms with Gasteiger partial charge in [0, 0.05) is 23.3 Å². The molecule has 1 N–H and O–H groups in total. The molecular formula is C14H13ClN2O2S2. The monoisotopic (exact) mass is 340 g/mol. The van der Waals surface area contributed by atoms with Crippen LogP contribution in [0.25, 0.3) is 0 Å². The van der Waals surface area contributed by atoms with Gasteiger partial charge >= 0.3 is 0 Å². The average molecular weight is 341 g/mol. The SMILES string of the molecule is O=S(=O)(NC1CCSc2ccccc21)c1cnccc1Cl. The van der Waals surface area contributed by atoms with E-state index < -0.39 is 10.0 Å². The van der Waals surface area contributed by atoms with E-state index in [4.69, 9.17) is 11.6 Å². The fourth-order valence-corrected chi connectivity index (χ4v) is 5.08. The van der Waals surface area contributed by atoms with Crippen molar-refractivity contribution in [1.82, 2.24) is 9.71 Å². The minimum atomic E-state index is -3.69. The quantitative estimate of drug-likeness (QED) is 0.931. The second-order valence-corrected chi connectivity index (χ2v) is 7.88. The molecule has 1 atom stereocenters. The van der Waals surface area contributed by atoms with Crippen LogP contribution in [0.4, 0.5) is 0 Å². The van der Waals surface area contributed by atoms with Gasteiger partial charge in [-0.25, -0.2) is 13.1 Å². The van der Waals surface area contributed by atoms with Gasteiger partial charge < -0.3 is 0 Å². The molecule has 1 aromatic carbocycles. The highest BCUT2D eigenvalue weighted by molar-refractivity contribution is 7.99. The summed E-state index contributed by atoms with van der Waals surface area (Å²) in [6.45, 7) is 0. The van der Waals surface area contributed by atoms with E-state index in [0.717, 1.165) is 22.6 Å². The van der Waals surface area contributed by atoms with Crippen molar-refractivity contribution < 1.29 is 8.42 Å². The summed E-state index contributed by atoms with van der Waals surface area (Å²) >= 11 is 7.71. The standard InChI is InChI=1S/C14H13ClN2O2S2/c15-11-5-7-16-9-14(11)21(18,19)17-12-6-8-20-13-4-2-1-3-10(12)13/h1-5,7,9,12,17H,6,8H2. The lowest BCUT2D eigenvalue weighted by atomic mass is 10.1. The van der Waals surface area contributed by atoms with Gasteiger partial charge in [-0.1, -0.05) is 29.8 Å². The van der Waals surface area contributed by atoms with Crippen LogP contribution in [0.2, 0.25) is 5.02 Å². The number of sulfonamides is 1. The highest BCUT2D eigenvalue weighted by atomic mass is 35.5. The molecule has 0 bridgehead atoms. The van der Waals surface area contributed by atoms with Crippen LogP contribution in [0.5, 0.6) is 0 Å². The Morgan fingerprint density at radius 1 is 1.29 bits per heavy atom. The molecule has 1 aliphatic heterocycles. The molecule has 0 saturated heterocycles. The van der Waals surface area contributed by atoms with Crippen LogP contribution in [0.1, 0.15) is 18.0 Å². The zero-order valence-electron chi connectivity index (χ0n) is 11.0. The maximum absolute atomic E-state index is 12.5. The summed E-state index contributed by atoms with van der Waals surface area (Å²) in [4.78, 5) is 4.98. The Bertz CT molecular complexity index is 765. The van der Waals surface area contributed by atoms with E-state index in [1.165, 1.54) is 18.5 Å².